The predicted molar refractivity (Wildman–Crippen MR) is 119 cm³/mol. The molecule has 0 N–H and O–H groups in total. The van der Waals surface area contributed by atoms with Crippen LogP contribution in [0.3, 0.4) is 0 Å². The van der Waals surface area contributed by atoms with Crippen LogP contribution in [0.2, 0.25) is 0 Å². The van der Waals surface area contributed by atoms with Gasteiger partial charge in [-0.25, -0.2) is 4.57 Å². The molecule has 3 nitrogen and oxygen atoms in total. The predicted octanol–water partition coefficient (Wildman–Crippen LogP) is 3.66. The van der Waals surface area contributed by atoms with Crippen molar-refractivity contribution in [2.24, 2.45) is 7.05 Å². The minimum atomic E-state index is 0.691. The fourth-order valence-electron chi connectivity index (χ4n) is 3.92. The molecule has 0 spiro atoms. The number of para-hydroxylation sites is 1. The van der Waals surface area contributed by atoms with Crippen LogP contribution in [-0.4, -0.2) is 50.0 Å². The van der Waals surface area contributed by atoms with E-state index in [9.17, 15) is 0 Å². The van der Waals surface area contributed by atoms with E-state index in [0.29, 0.717) is 6.04 Å². The van der Waals surface area contributed by atoms with Gasteiger partial charge < -0.3 is 9.38 Å². The molecule has 1 aromatic carbocycles. The fourth-order valence-corrected chi connectivity index (χ4v) is 4.06. The lowest BCUT2D eigenvalue weighted by Gasteiger charge is -2.36. The number of likely N-dealkylation sites (N-methyl/N-ethyl adjacent to an activating group) is 1. The summed E-state index contributed by atoms with van der Waals surface area (Å²) in [6, 6.07) is 13.8. The first-order valence-electron chi connectivity index (χ1n) is 9.90. The van der Waals surface area contributed by atoms with Gasteiger partial charge in [0.25, 0.3) is 0 Å². The van der Waals surface area contributed by atoms with Crippen molar-refractivity contribution in [1.29, 1.82) is 0 Å². The van der Waals surface area contributed by atoms with Crippen LogP contribution >= 0.6 is 12.6 Å². The van der Waals surface area contributed by atoms with Crippen LogP contribution in [0.25, 0.3) is 12.2 Å². The highest BCUT2D eigenvalue weighted by molar-refractivity contribution is 7.80. The lowest BCUT2D eigenvalue weighted by molar-refractivity contribution is -0.912. The Bertz CT molecular complexity index is 767. The van der Waals surface area contributed by atoms with E-state index in [0.717, 1.165) is 23.3 Å². The maximum absolute atomic E-state index is 4.39. The standard InChI is InChI=1S/C23H32N3S/c1-24-14-11-20(12-15-24)9-10-21-7-4-5-8-23(21)25-16-13-22(19-25)26(2,3)17-6-18-27/h4-5,7-12,14-15,22H,6,13,16-19H2,1-3H3/q+1/p+1. The normalized spacial score (nSPS) is 17.8. The summed E-state index contributed by atoms with van der Waals surface area (Å²) in [5.41, 5.74) is 3.88. The molecule has 2 aromatic rings. The molecule has 1 atom stereocenters. The molecular weight excluding hydrogens is 350 g/mol. The van der Waals surface area contributed by atoms with Crippen LogP contribution < -0.4 is 9.47 Å². The monoisotopic (exact) mass is 383 g/mol. The Morgan fingerprint density at radius 2 is 1.89 bits per heavy atom. The average molecular weight is 384 g/mol. The smallest absolute Gasteiger partial charge is 0.169 e. The van der Waals surface area contributed by atoms with Crippen molar-refractivity contribution in [3.05, 3.63) is 59.9 Å². The molecule has 2 heterocycles. The molecule has 1 fully saturated rings. The van der Waals surface area contributed by atoms with Gasteiger partial charge in [0.15, 0.2) is 12.4 Å². The molecule has 0 amide bonds. The third-order valence-corrected chi connectivity index (χ3v) is 6.10. The molecule has 0 radical (unpaired) electrons. The molecule has 3 rings (SSSR count). The fraction of sp³-hybridized carbons (Fsp3) is 0.435. The van der Waals surface area contributed by atoms with Crippen molar-refractivity contribution in [3.8, 4) is 0 Å². The number of aromatic nitrogens is 1. The molecule has 1 aliphatic rings. The number of benzene rings is 1. The summed E-state index contributed by atoms with van der Waals surface area (Å²) < 4.78 is 3.15. The first-order chi connectivity index (χ1) is 13.0. The zero-order valence-electron chi connectivity index (χ0n) is 16.9. The second kappa shape index (κ2) is 8.94. The molecule has 1 unspecified atom stereocenters. The minimum absolute atomic E-state index is 0.691. The zero-order valence-corrected chi connectivity index (χ0v) is 17.8. The molecule has 0 aliphatic carbocycles. The summed E-state index contributed by atoms with van der Waals surface area (Å²) >= 11 is 4.39. The topological polar surface area (TPSA) is 7.12 Å². The highest BCUT2D eigenvalue weighted by Gasteiger charge is 2.35. The van der Waals surface area contributed by atoms with Crippen molar-refractivity contribution < 1.29 is 9.05 Å². The van der Waals surface area contributed by atoms with E-state index in [-0.39, 0.29) is 0 Å². The van der Waals surface area contributed by atoms with Gasteiger partial charge in [-0.1, -0.05) is 30.4 Å². The maximum Gasteiger partial charge on any atom is 0.169 e. The van der Waals surface area contributed by atoms with Crippen LogP contribution in [0, 0.1) is 0 Å². The SMILES string of the molecule is C[n+]1ccc(/C=C/c2ccccc2N2CCC([N+](C)(C)CCCS)C2)cc1. The van der Waals surface area contributed by atoms with Gasteiger partial charge in [-0.2, -0.15) is 12.6 Å². The van der Waals surface area contributed by atoms with Crippen LogP contribution in [0.1, 0.15) is 24.0 Å². The van der Waals surface area contributed by atoms with E-state index < -0.39 is 0 Å². The number of hydrogen-bond acceptors (Lipinski definition) is 2. The first-order valence-corrected chi connectivity index (χ1v) is 10.5. The minimum Gasteiger partial charge on any atom is -0.365 e. The Hall–Kier alpha value is -1.78. The van der Waals surface area contributed by atoms with Crippen molar-refractivity contribution >= 4 is 30.5 Å². The molecule has 1 saturated heterocycles. The zero-order chi connectivity index (χ0) is 19.3. The Kier molecular flexibility index (Phi) is 6.61. The summed E-state index contributed by atoms with van der Waals surface area (Å²) in [4.78, 5) is 2.57. The van der Waals surface area contributed by atoms with E-state index in [2.05, 4.69) is 97.1 Å². The van der Waals surface area contributed by atoms with Crippen LogP contribution in [0.15, 0.2) is 48.8 Å². The molecule has 4 heteroatoms. The molecular formula is C23H33N3S+2. The second-order valence-electron chi connectivity index (χ2n) is 8.16. The lowest BCUT2D eigenvalue weighted by Crippen LogP contribution is -2.50. The summed E-state index contributed by atoms with van der Waals surface area (Å²) in [7, 11) is 6.79. The quantitative estimate of drug-likeness (QED) is 0.435. The third-order valence-electron chi connectivity index (χ3n) is 5.78. The van der Waals surface area contributed by atoms with E-state index in [4.69, 9.17) is 0 Å². The second-order valence-corrected chi connectivity index (χ2v) is 8.60. The number of aryl methyl sites for hydroxylation is 1. The van der Waals surface area contributed by atoms with Crippen molar-refractivity contribution in [2.75, 3.05) is 44.4 Å². The highest BCUT2D eigenvalue weighted by Crippen LogP contribution is 2.29. The molecule has 144 valence electrons. The van der Waals surface area contributed by atoms with E-state index in [1.165, 1.54) is 36.2 Å². The Labute approximate surface area is 169 Å². The number of rotatable bonds is 7. The third kappa shape index (κ3) is 5.14. The van der Waals surface area contributed by atoms with Crippen LogP contribution in [-0.2, 0) is 7.05 Å². The molecule has 27 heavy (non-hydrogen) atoms. The molecule has 0 bridgehead atoms. The van der Waals surface area contributed by atoms with Gasteiger partial charge in [0.1, 0.15) is 13.1 Å². The van der Waals surface area contributed by atoms with Gasteiger partial charge in [-0.05, 0) is 22.9 Å². The Balaban J connectivity index is 1.73. The number of hydrogen-bond donors (Lipinski definition) is 1. The number of pyridine rings is 1. The maximum atomic E-state index is 4.39. The van der Waals surface area contributed by atoms with Crippen LogP contribution in [0.4, 0.5) is 5.69 Å². The summed E-state index contributed by atoms with van der Waals surface area (Å²) in [5, 5.41) is 0. The molecule has 1 aliphatic heterocycles. The lowest BCUT2D eigenvalue weighted by atomic mass is 10.1. The molecule has 0 saturated carbocycles. The Morgan fingerprint density at radius 3 is 2.63 bits per heavy atom. The van der Waals surface area contributed by atoms with Gasteiger partial charge >= 0.3 is 0 Å². The largest absolute Gasteiger partial charge is 0.365 e. The number of anilines is 1. The number of quaternary nitrogens is 1. The van der Waals surface area contributed by atoms with Crippen LogP contribution in [0.5, 0.6) is 0 Å². The first kappa shape index (κ1) is 20.0. The van der Waals surface area contributed by atoms with Gasteiger partial charge in [0, 0.05) is 37.2 Å². The van der Waals surface area contributed by atoms with Crippen molar-refractivity contribution in [1.82, 2.24) is 0 Å². The number of nitrogens with zero attached hydrogens (tertiary/aromatic N) is 3. The van der Waals surface area contributed by atoms with Gasteiger partial charge in [-0.15, -0.1) is 0 Å². The van der Waals surface area contributed by atoms with Gasteiger partial charge in [0.2, 0.25) is 0 Å². The summed E-state index contributed by atoms with van der Waals surface area (Å²) in [6.45, 7) is 3.47. The molecule has 1 aromatic heterocycles. The van der Waals surface area contributed by atoms with Crippen molar-refractivity contribution in [2.45, 2.75) is 18.9 Å². The van der Waals surface area contributed by atoms with E-state index in [1.807, 2.05) is 7.05 Å². The average Bonchev–Trinajstić information content (AvgIpc) is 3.17. The number of thiol groups is 1. The van der Waals surface area contributed by atoms with E-state index >= 15 is 0 Å². The van der Waals surface area contributed by atoms with Crippen molar-refractivity contribution in [3.63, 3.8) is 0 Å². The van der Waals surface area contributed by atoms with Gasteiger partial charge in [0.05, 0.1) is 27.2 Å². The van der Waals surface area contributed by atoms with Gasteiger partial charge in [-0.3, -0.25) is 0 Å². The summed E-state index contributed by atoms with van der Waals surface area (Å²) in [5.74, 6) is 0.975. The van der Waals surface area contributed by atoms with E-state index in [1.54, 1.807) is 0 Å². The highest BCUT2D eigenvalue weighted by atomic mass is 32.1. The summed E-state index contributed by atoms with van der Waals surface area (Å²) in [6.07, 6.45) is 11.1. The Morgan fingerprint density at radius 1 is 1.15 bits per heavy atom.